The van der Waals surface area contributed by atoms with Gasteiger partial charge in [-0.2, -0.15) is 0 Å². The zero-order valence-corrected chi connectivity index (χ0v) is 11.9. The minimum absolute atomic E-state index is 0.0774. The first-order chi connectivity index (χ1) is 10.6. The molecule has 1 saturated heterocycles. The van der Waals surface area contributed by atoms with Crippen LogP contribution in [-0.4, -0.2) is 39.5 Å². The molecule has 1 aromatic carbocycles. The van der Waals surface area contributed by atoms with Gasteiger partial charge in [0.25, 0.3) is 0 Å². The number of carboxylic acid groups (broad SMARTS) is 1. The number of hydrogen-bond acceptors (Lipinski definition) is 3. The molecular weight excluding hydrogens is 284 g/mol. The molecule has 1 N–H and O–H groups in total. The summed E-state index contributed by atoms with van der Waals surface area (Å²) < 4.78 is 1.73. The van der Waals surface area contributed by atoms with Gasteiger partial charge in [-0.1, -0.05) is 12.1 Å². The second-order valence-corrected chi connectivity index (χ2v) is 5.49. The predicted molar refractivity (Wildman–Crippen MR) is 80.5 cm³/mol. The number of para-hydroxylation sites is 1. The Morgan fingerprint density at radius 2 is 2.00 bits per heavy atom. The fraction of sp³-hybridized carbons (Fsp3) is 0.312. The van der Waals surface area contributed by atoms with E-state index in [0.717, 1.165) is 0 Å². The van der Waals surface area contributed by atoms with Crippen molar-refractivity contribution in [1.82, 2.24) is 9.47 Å². The molecular formula is C16H16N2O4. The lowest BCUT2D eigenvalue weighted by Gasteiger charge is -2.18. The molecule has 1 aliphatic heterocycles. The van der Waals surface area contributed by atoms with E-state index in [1.807, 2.05) is 6.07 Å². The molecule has 0 saturated carbocycles. The fourth-order valence-corrected chi connectivity index (χ4v) is 2.83. The number of benzene rings is 1. The molecule has 114 valence electrons. The fourth-order valence-electron chi connectivity index (χ4n) is 2.83. The topological polar surface area (TPSA) is 79.6 Å². The summed E-state index contributed by atoms with van der Waals surface area (Å²) in [6.45, 7) is 0.827. The second-order valence-electron chi connectivity index (χ2n) is 5.49. The summed E-state index contributed by atoms with van der Waals surface area (Å²) >= 11 is 0. The van der Waals surface area contributed by atoms with Crippen molar-refractivity contribution < 1.29 is 14.7 Å². The first-order valence-electron chi connectivity index (χ1n) is 7.15. The van der Waals surface area contributed by atoms with Crippen LogP contribution < -0.4 is 5.43 Å². The van der Waals surface area contributed by atoms with Crippen molar-refractivity contribution in [3.63, 3.8) is 0 Å². The molecule has 0 spiro atoms. The minimum atomic E-state index is -0.857. The van der Waals surface area contributed by atoms with E-state index in [4.69, 9.17) is 5.11 Å². The Morgan fingerprint density at radius 3 is 2.73 bits per heavy atom. The number of rotatable bonds is 3. The van der Waals surface area contributed by atoms with Crippen LogP contribution in [-0.2, 0) is 16.1 Å². The molecule has 1 atom stereocenters. The number of pyridine rings is 1. The molecule has 0 aliphatic carbocycles. The highest BCUT2D eigenvalue weighted by atomic mass is 16.4. The molecule has 6 nitrogen and oxygen atoms in total. The summed E-state index contributed by atoms with van der Waals surface area (Å²) in [6, 6.07) is 8.58. The molecule has 3 rings (SSSR count). The SMILES string of the molecule is O=C(O)[C@H]1CCN(C(=O)Cn2ccc(=O)c3ccccc32)C1. The van der Waals surface area contributed by atoms with Gasteiger partial charge in [-0.25, -0.2) is 0 Å². The molecule has 1 aromatic heterocycles. The molecule has 2 heterocycles. The van der Waals surface area contributed by atoms with E-state index >= 15 is 0 Å². The lowest BCUT2D eigenvalue weighted by atomic mass is 10.1. The lowest BCUT2D eigenvalue weighted by molar-refractivity contribution is -0.141. The standard InChI is InChI=1S/C16H16N2O4/c19-14-6-8-17(13-4-2-1-3-12(13)14)10-15(20)18-7-5-11(9-18)16(21)22/h1-4,6,8,11H,5,7,9-10H2,(H,21,22)/t11-/m0/s1. The van der Waals surface area contributed by atoms with Gasteiger partial charge in [0.2, 0.25) is 5.91 Å². The summed E-state index contributed by atoms with van der Waals surface area (Å²) in [5.74, 6) is -1.46. The Kier molecular flexibility index (Phi) is 3.66. The molecule has 6 heteroatoms. The van der Waals surface area contributed by atoms with Crippen molar-refractivity contribution in [1.29, 1.82) is 0 Å². The first kappa shape index (κ1) is 14.3. The third-order valence-corrected chi connectivity index (χ3v) is 4.08. The number of likely N-dealkylation sites (tertiary alicyclic amines) is 1. The molecule has 0 unspecified atom stereocenters. The van der Waals surface area contributed by atoms with Crippen LogP contribution in [0.15, 0.2) is 41.3 Å². The van der Waals surface area contributed by atoms with Crippen molar-refractivity contribution in [2.24, 2.45) is 5.92 Å². The van der Waals surface area contributed by atoms with E-state index < -0.39 is 11.9 Å². The average Bonchev–Trinajstić information content (AvgIpc) is 3.01. The Hall–Kier alpha value is -2.63. The van der Waals surface area contributed by atoms with Crippen LogP contribution in [0.4, 0.5) is 0 Å². The van der Waals surface area contributed by atoms with Crippen LogP contribution in [0, 0.1) is 5.92 Å². The number of fused-ring (bicyclic) bond motifs is 1. The summed E-state index contributed by atoms with van der Waals surface area (Å²) in [7, 11) is 0. The van der Waals surface area contributed by atoms with Crippen LogP contribution in [0.1, 0.15) is 6.42 Å². The molecule has 1 fully saturated rings. The van der Waals surface area contributed by atoms with Gasteiger partial charge >= 0.3 is 5.97 Å². The normalized spacial score (nSPS) is 17.8. The van der Waals surface area contributed by atoms with E-state index in [0.29, 0.717) is 23.9 Å². The zero-order chi connectivity index (χ0) is 15.7. The van der Waals surface area contributed by atoms with Crippen molar-refractivity contribution in [2.75, 3.05) is 13.1 Å². The number of nitrogens with zero attached hydrogens (tertiary/aromatic N) is 2. The van der Waals surface area contributed by atoms with Crippen molar-refractivity contribution in [3.05, 3.63) is 46.8 Å². The molecule has 2 aromatic rings. The largest absolute Gasteiger partial charge is 0.481 e. The quantitative estimate of drug-likeness (QED) is 0.914. The van der Waals surface area contributed by atoms with Crippen molar-refractivity contribution >= 4 is 22.8 Å². The van der Waals surface area contributed by atoms with Gasteiger partial charge in [-0.15, -0.1) is 0 Å². The number of amides is 1. The summed E-state index contributed by atoms with van der Waals surface area (Å²) in [5.41, 5.74) is 0.628. The number of hydrogen-bond donors (Lipinski definition) is 1. The van der Waals surface area contributed by atoms with E-state index in [1.54, 1.807) is 33.9 Å². The van der Waals surface area contributed by atoms with Crippen LogP contribution >= 0.6 is 0 Å². The first-order valence-corrected chi connectivity index (χ1v) is 7.15. The summed E-state index contributed by atoms with van der Waals surface area (Å²) in [6.07, 6.45) is 2.10. The van der Waals surface area contributed by atoms with Gasteiger partial charge in [-0.3, -0.25) is 14.4 Å². The Labute approximate surface area is 126 Å². The van der Waals surface area contributed by atoms with Crippen LogP contribution in [0.5, 0.6) is 0 Å². The highest BCUT2D eigenvalue weighted by molar-refractivity contribution is 5.83. The van der Waals surface area contributed by atoms with Crippen molar-refractivity contribution in [3.8, 4) is 0 Å². The maximum atomic E-state index is 12.3. The van der Waals surface area contributed by atoms with E-state index in [9.17, 15) is 14.4 Å². The lowest BCUT2D eigenvalue weighted by Crippen LogP contribution is -2.33. The molecule has 0 radical (unpaired) electrons. The van der Waals surface area contributed by atoms with Crippen LogP contribution in [0.2, 0.25) is 0 Å². The average molecular weight is 300 g/mol. The third kappa shape index (κ3) is 2.59. The highest BCUT2D eigenvalue weighted by Crippen LogP contribution is 2.17. The number of carboxylic acids is 1. The third-order valence-electron chi connectivity index (χ3n) is 4.08. The smallest absolute Gasteiger partial charge is 0.308 e. The molecule has 1 aliphatic rings. The van der Waals surface area contributed by atoms with Crippen LogP contribution in [0.3, 0.4) is 0 Å². The van der Waals surface area contributed by atoms with Crippen LogP contribution in [0.25, 0.3) is 10.9 Å². The molecule has 0 bridgehead atoms. The molecule has 1 amide bonds. The van der Waals surface area contributed by atoms with Gasteiger partial charge < -0.3 is 14.6 Å². The predicted octanol–water partition coefficient (Wildman–Crippen LogP) is 0.935. The summed E-state index contributed by atoms with van der Waals surface area (Å²) in [5, 5.41) is 9.57. The highest BCUT2D eigenvalue weighted by Gasteiger charge is 2.30. The van der Waals surface area contributed by atoms with Gasteiger partial charge in [0.05, 0.1) is 11.4 Å². The van der Waals surface area contributed by atoms with E-state index in [2.05, 4.69) is 0 Å². The maximum absolute atomic E-state index is 12.3. The zero-order valence-electron chi connectivity index (χ0n) is 11.9. The van der Waals surface area contributed by atoms with Gasteiger partial charge in [-0.05, 0) is 18.6 Å². The van der Waals surface area contributed by atoms with Gasteiger partial charge in [0.15, 0.2) is 5.43 Å². The Bertz CT molecular complexity index is 796. The number of carbonyl (C=O) groups excluding carboxylic acids is 1. The Morgan fingerprint density at radius 1 is 1.23 bits per heavy atom. The molecule has 22 heavy (non-hydrogen) atoms. The van der Waals surface area contributed by atoms with Crippen molar-refractivity contribution in [2.45, 2.75) is 13.0 Å². The number of aromatic nitrogens is 1. The number of carbonyl (C=O) groups is 2. The summed E-state index contributed by atoms with van der Waals surface area (Å²) in [4.78, 5) is 36.7. The van der Waals surface area contributed by atoms with E-state index in [-0.39, 0.29) is 24.4 Å². The van der Waals surface area contributed by atoms with Gasteiger partial charge in [0.1, 0.15) is 6.54 Å². The Balaban J connectivity index is 1.82. The minimum Gasteiger partial charge on any atom is -0.481 e. The second kappa shape index (κ2) is 5.63. The van der Waals surface area contributed by atoms with Gasteiger partial charge in [0, 0.05) is 30.7 Å². The maximum Gasteiger partial charge on any atom is 0.308 e. The van der Waals surface area contributed by atoms with E-state index in [1.165, 1.54) is 6.07 Å². The monoisotopic (exact) mass is 300 g/mol. The number of aliphatic carboxylic acids is 1.